The number of benzene rings is 1. The minimum Gasteiger partial charge on any atom is -0.478 e. The first-order valence-corrected chi connectivity index (χ1v) is 8.73. The van der Waals surface area contributed by atoms with E-state index in [1.807, 2.05) is 0 Å². The van der Waals surface area contributed by atoms with Gasteiger partial charge in [0.15, 0.2) is 0 Å². The molecule has 0 saturated carbocycles. The predicted molar refractivity (Wildman–Crippen MR) is 101 cm³/mol. The molecular weight excluding hydrogens is 372 g/mol. The maximum atomic E-state index is 12.3. The van der Waals surface area contributed by atoms with Gasteiger partial charge in [-0.3, -0.25) is 0 Å². The molecule has 27 heavy (non-hydrogen) atoms. The van der Waals surface area contributed by atoms with Gasteiger partial charge in [-0.15, -0.1) is 0 Å². The quantitative estimate of drug-likeness (QED) is 0.607. The number of likely N-dealkylation sites (N-methyl/N-ethyl adjacent to an activating group) is 1. The predicted octanol–water partition coefficient (Wildman–Crippen LogP) is 2.22. The van der Waals surface area contributed by atoms with Crippen molar-refractivity contribution in [1.29, 1.82) is 0 Å². The molecule has 1 aliphatic heterocycles. The number of carboxylic acids is 2. The Hall–Kier alpha value is -2.35. The van der Waals surface area contributed by atoms with Gasteiger partial charge in [0.05, 0.1) is 35.5 Å². The van der Waals surface area contributed by atoms with Crippen LogP contribution in [0.25, 0.3) is 0 Å². The van der Waals surface area contributed by atoms with Crippen LogP contribution in [-0.4, -0.2) is 53.9 Å². The Morgan fingerprint density at radius 1 is 1.22 bits per heavy atom. The van der Waals surface area contributed by atoms with Gasteiger partial charge in [-0.2, -0.15) is 0 Å². The zero-order chi connectivity index (χ0) is 20.4. The minimum atomic E-state index is -1.46. The standard InChI is InChI=1S/C19H23ClN2O5/c1-11-15(17(23)24)19(2,12-6-4-5-7-13(12)20)16(18(25)26)14(22(11)3)10-27-9-8-21/h4-7H,8-10,21H2,1-3H3,(H,23,24)(H,25,26). The first-order valence-electron chi connectivity index (χ1n) is 8.36. The molecule has 1 aliphatic rings. The third-order valence-corrected chi connectivity index (χ3v) is 5.23. The summed E-state index contributed by atoms with van der Waals surface area (Å²) in [6.07, 6.45) is 0. The molecule has 2 rings (SSSR count). The summed E-state index contributed by atoms with van der Waals surface area (Å²) in [6.45, 7) is 3.73. The van der Waals surface area contributed by atoms with Crippen LogP contribution in [0.3, 0.4) is 0 Å². The highest BCUT2D eigenvalue weighted by molar-refractivity contribution is 6.31. The number of allylic oxidation sites excluding steroid dienone is 1. The maximum absolute atomic E-state index is 12.3. The number of hydrogen-bond acceptors (Lipinski definition) is 5. The Kier molecular flexibility index (Phi) is 6.30. The molecule has 1 heterocycles. The van der Waals surface area contributed by atoms with E-state index in [0.29, 0.717) is 17.0 Å². The highest BCUT2D eigenvalue weighted by Crippen LogP contribution is 2.48. The van der Waals surface area contributed by atoms with Crippen molar-refractivity contribution < 1.29 is 24.5 Å². The van der Waals surface area contributed by atoms with Crippen LogP contribution >= 0.6 is 11.6 Å². The number of carbonyl (C=O) groups is 2. The van der Waals surface area contributed by atoms with Gasteiger partial charge in [-0.05, 0) is 25.5 Å². The molecule has 146 valence electrons. The molecule has 0 spiro atoms. The Morgan fingerprint density at radius 3 is 2.33 bits per heavy atom. The molecule has 1 atom stereocenters. The Morgan fingerprint density at radius 2 is 1.81 bits per heavy atom. The number of nitrogens with zero attached hydrogens (tertiary/aromatic N) is 1. The van der Waals surface area contributed by atoms with E-state index in [2.05, 4.69) is 0 Å². The van der Waals surface area contributed by atoms with E-state index in [0.717, 1.165) is 0 Å². The van der Waals surface area contributed by atoms with Crippen molar-refractivity contribution in [3.63, 3.8) is 0 Å². The lowest BCUT2D eigenvalue weighted by molar-refractivity contribution is -0.134. The van der Waals surface area contributed by atoms with E-state index in [1.165, 1.54) is 0 Å². The van der Waals surface area contributed by atoms with Crippen LogP contribution in [0, 0.1) is 0 Å². The average Bonchev–Trinajstić information content (AvgIpc) is 2.59. The number of halogens is 1. The van der Waals surface area contributed by atoms with Crippen molar-refractivity contribution in [2.75, 3.05) is 26.8 Å². The summed E-state index contributed by atoms with van der Waals surface area (Å²) in [5, 5.41) is 20.2. The summed E-state index contributed by atoms with van der Waals surface area (Å²) in [5.74, 6) is -2.44. The lowest BCUT2D eigenvalue weighted by atomic mass is 9.67. The van der Waals surface area contributed by atoms with Crippen LogP contribution in [0.5, 0.6) is 0 Å². The van der Waals surface area contributed by atoms with Gasteiger partial charge in [0.1, 0.15) is 0 Å². The molecular formula is C19H23ClN2O5. The molecule has 1 unspecified atom stereocenters. The Labute approximate surface area is 162 Å². The van der Waals surface area contributed by atoms with Gasteiger partial charge >= 0.3 is 11.9 Å². The lowest BCUT2D eigenvalue weighted by Crippen LogP contribution is -2.44. The summed E-state index contributed by atoms with van der Waals surface area (Å²) in [6, 6.07) is 6.66. The van der Waals surface area contributed by atoms with Gasteiger partial charge in [0.2, 0.25) is 0 Å². The van der Waals surface area contributed by atoms with Gasteiger partial charge in [-0.25, -0.2) is 9.59 Å². The van der Waals surface area contributed by atoms with Crippen LogP contribution in [0.15, 0.2) is 46.8 Å². The fourth-order valence-corrected chi connectivity index (χ4v) is 3.90. The van der Waals surface area contributed by atoms with Gasteiger partial charge in [-0.1, -0.05) is 29.8 Å². The van der Waals surface area contributed by atoms with Crippen molar-refractivity contribution in [3.8, 4) is 0 Å². The minimum absolute atomic E-state index is 0.0143. The number of carboxylic acid groups (broad SMARTS) is 2. The molecule has 0 aliphatic carbocycles. The van der Waals surface area contributed by atoms with Crippen molar-refractivity contribution in [1.82, 2.24) is 4.90 Å². The smallest absolute Gasteiger partial charge is 0.334 e. The van der Waals surface area contributed by atoms with E-state index in [-0.39, 0.29) is 35.9 Å². The number of nitrogens with two attached hydrogens (primary N) is 1. The number of aliphatic carboxylic acids is 2. The second-order valence-electron chi connectivity index (χ2n) is 6.40. The summed E-state index contributed by atoms with van der Waals surface area (Å²) in [7, 11) is 1.62. The Bertz CT molecular complexity index is 833. The maximum Gasteiger partial charge on any atom is 0.334 e. The Balaban J connectivity index is 2.85. The third-order valence-electron chi connectivity index (χ3n) is 4.90. The zero-order valence-corrected chi connectivity index (χ0v) is 16.2. The van der Waals surface area contributed by atoms with E-state index in [9.17, 15) is 19.8 Å². The van der Waals surface area contributed by atoms with E-state index >= 15 is 0 Å². The molecule has 4 N–H and O–H groups in total. The van der Waals surface area contributed by atoms with E-state index < -0.39 is 17.4 Å². The fourth-order valence-electron chi connectivity index (χ4n) is 3.58. The van der Waals surface area contributed by atoms with Crippen LogP contribution in [0.1, 0.15) is 19.4 Å². The van der Waals surface area contributed by atoms with Crippen LogP contribution in [-0.2, 0) is 19.7 Å². The molecule has 1 aromatic rings. The molecule has 1 aromatic carbocycles. The lowest BCUT2D eigenvalue weighted by Gasteiger charge is -2.42. The largest absolute Gasteiger partial charge is 0.478 e. The van der Waals surface area contributed by atoms with Gasteiger partial charge in [0, 0.05) is 24.3 Å². The fraction of sp³-hybridized carbons (Fsp3) is 0.368. The zero-order valence-electron chi connectivity index (χ0n) is 15.5. The second kappa shape index (κ2) is 8.12. The summed E-state index contributed by atoms with van der Waals surface area (Å²) >= 11 is 6.35. The first-order chi connectivity index (χ1) is 12.7. The highest BCUT2D eigenvalue weighted by atomic mass is 35.5. The summed E-state index contributed by atoms with van der Waals surface area (Å²) in [4.78, 5) is 26.0. The number of rotatable bonds is 7. The molecule has 0 aromatic heterocycles. The van der Waals surface area contributed by atoms with Crippen molar-refractivity contribution >= 4 is 23.5 Å². The van der Waals surface area contributed by atoms with E-state index in [1.54, 1.807) is 50.1 Å². The number of hydrogen-bond donors (Lipinski definition) is 3. The summed E-state index contributed by atoms with van der Waals surface area (Å²) in [5.41, 5.74) is 5.05. The average molecular weight is 395 g/mol. The normalized spacial score (nSPS) is 20.3. The molecule has 0 amide bonds. The van der Waals surface area contributed by atoms with Crippen LogP contribution < -0.4 is 5.73 Å². The van der Waals surface area contributed by atoms with Crippen molar-refractivity contribution in [2.45, 2.75) is 19.3 Å². The molecule has 0 radical (unpaired) electrons. The van der Waals surface area contributed by atoms with Gasteiger partial charge < -0.3 is 25.6 Å². The van der Waals surface area contributed by atoms with E-state index in [4.69, 9.17) is 22.1 Å². The monoisotopic (exact) mass is 394 g/mol. The second-order valence-corrected chi connectivity index (χ2v) is 6.80. The molecule has 0 bridgehead atoms. The van der Waals surface area contributed by atoms with Crippen molar-refractivity contribution in [2.24, 2.45) is 5.73 Å². The summed E-state index contributed by atoms with van der Waals surface area (Å²) < 4.78 is 5.49. The first kappa shape index (κ1) is 21.0. The topological polar surface area (TPSA) is 113 Å². The SMILES string of the molecule is CC1=C(C(=O)O)C(C)(c2ccccc2Cl)C(C(=O)O)=C(COCCN)N1C. The molecule has 8 heteroatoms. The van der Waals surface area contributed by atoms with Crippen LogP contribution in [0.2, 0.25) is 5.02 Å². The third kappa shape index (κ3) is 3.58. The number of ether oxygens (including phenoxy) is 1. The van der Waals surface area contributed by atoms with Gasteiger partial charge in [0.25, 0.3) is 0 Å². The highest BCUT2D eigenvalue weighted by Gasteiger charge is 2.49. The molecule has 7 nitrogen and oxygen atoms in total. The molecule has 0 saturated heterocycles. The van der Waals surface area contributed by atoms with Crippen LogP contribution in [0.4, 0.5) is 0 Å². The molecule has 0 fully saturated rings. The van der Waals surface area contributed by atoms with Crippen molar-refractivity contribution in [3.05, 3.63) is 57.4 Å².